The van der Waals surface area contributed by atoms with Crippen molar-refractivity contribution in [2.24, 2.45) is 0 Å². The normalized spacial score (nSPS) is 14.3. The van der Waals surface area contributed by atoms with Crippen molar-refractivity contribution < 1.29 is 42.3 Å². The van der Waals surface area contributed by atoms with E-state index in [4.69, 9.17) is 21.1 Å². The van der Waals surface area contributed by atoms with Crippen LogP contribution in [0, 0.1) is 0 Å². The average Bonchev–Trinajstić information content (AvgIpc) is 3.31. The number of hydrogen-bond donors (Lipinski definition) is 2. The van der Waals surface area contributed by atoms with Gasteiger partial charge in [-0.3, -0.25) is 14.4 Å². The van der Waals surface area contributed by atoms with Crippen molar-refractivity contribution in [1.82, 2.24) is 10.6 Å². The third-order valence-electron chi connectivity index (χ3n) is 4.90. The number of hydrogen-bond acceptors (Lipinski definition) is 8. The number of carbonyl (C=O) groups is 4. The van der Waals surface area contributed by atoms with Crippen LogP contribution in [0.15, 0.2) is 36.4 Å². The Bertz CT molecular complexity index is 1120. The highest BCUT2D eigenvalue weighted by Gasteiger charge is 2.31. The van der Waals surface area contributed by atoms with E-state index in [0.717, 1.165) is 11.3 Å². The smallest absolute Gasteiger partial charge is 0.407 e. The highest BCUT2D eigenvalue weighted by atomic mass is 35.5. The van der Waals surface area contributed by atoms with E-state index in [1.807, 2.05) is 0 Å². The molecule has 1 aromatic heterocycles. The van der Waals surface area contributed by atoms with Crippen molar-refractivity contribution >= 4 is 58.1 Å². The molecular formula is C22H23ClF2N4O7S. The molecule has 1 atom stereocenters. The van der Waals surface area contributed by atoms with Crippen molar-refractivity contribution in [2.45, 2.75) is 19.6 Å². The highest BCUT2D eigenvalue weighted by Crippen LogP contribution is 2.24. The van der Waals surface area contributed by atoms with Crippen LogP contribution in [-0.2, 0) is 23.9 Å². The maximum atomic E-state index is 13.3. The number of benzene rings is 1. The largest absolute Gasteiger partial charge is 0.450 e. The van der Waals surface area contributed by atoms with Crippen LogP contribution in [0.2, 0.25) is 4.34 Å². The molecule has 1 aromatic carbocycles. The number of halogens is 3. The maximum Gasteiger partial charge on any atom is 0.407 e. The molecule has 0 aliphatic carbocycles. The van der Waals surface area contributed by atoms with Gasteiger partial charge in [0.2, 0.25) is 0 Å². The molecule has 0 bridgehead atoms. The molecule has 1 fully saturated rings. The lowest BCUT2D eigenvalue weighted by atomic mass is 10.2. The van der Waals surface area contributed by atoms with Gasteiger partial charge in [0, 0.05) is 18.8 Å². The molecule has 0 saturated carbocycles. The zero-order chi connectivity index (χ0) is 26.9. The second-order valence-electron chi connectivity index (χ2n) is 7.34. The van der Waals surface area contributed by atoms with E-state index in [9.17, 15) is 28.0 Å². The SMILES string of the molecule is CCOC(=O)N[C@H](CNC(=O)c1ccc(Cl)s1)C(=O)N(OC(F)F)c1ccc(N2CCOCC2=O)cc1. The Balaban J connectivity index is 1.81. The first-order chi connectivity index (χ1) is 17.7. The van der Waals surface area contributed by atoms with Crippen LogP contribution in [0.25, 0.3) is 0 Å². The number of carbonyl (C=O) groups excluding carboxylic acids is 4. The number of morpholine rings is 1. The molecule has 37 heavy (non-hydrogen) atoms. The van der Waals surface area contributed by atoms with E-state index in [-0.39, 0.29) is 29.7 Å². The molecule has 4 amide bonds. The zero-order valence-corrected chi connectivity index (χ0v) is 21.0. The maximum absolute atomic E-state index is 13.3. The van der Waals surface area contributed by atoms with Gasteiger partial charge in [0.1, 0.15) is 12.6 Å². The van der Waals surface area contributed by atoms with Crippen LogP contribution in [0.4, 0.5) is 25.0 Å². The fraction of sp³-hybridized carbons (Fsp3) is 0.364. The van der Waals surface area contributed by atoms with Gasteiger partial charge in [0.15, 0.2) is 0 Å². The van der Waals surface area contributed by atoms with Gasteiger partial charge in [-0.05, 0) is 43.3 Å². The van der Waals surface area contributed by atoms with Crippen LogP contribution in [0.5, 0.6) is 0 Å². The highest BCUT2D eigenvalue weighted by molar-refractivity contribution is 7.18. The Morgan fingerprint density at radius 2 is 1.95 bits per heavy atom. The molecule has 0 unspecified atom stereocenters. The molecule has 2 aromatic rings. The summed E-state index contributed by atoms with van der Waals surface area (Å²) in [6, 6.07) is 6.92. The van der Waals surface area contributed by atoms with Crippen molar-refractivity contribution in [2.75, 3.05) is 42.9 Å². The Labute approximate surface area is 219 Å². The second kappa shape index (κ2) is 13.3. The summed E-state index contributed by atoms with van der Waals surface area (Å²) in [6.45, 7) is -1.82. The van der Waals surface area contributed by atoms with Gasteiger partial charge in [-0.15, -0.1) is 11.3 Å². The van der Waals surface area contributed by atoms with Gasteiger partial charge in [-0.1, -0.05) is 11.6 Å². The molecule has 1 aliphatic rings. The van der Waals surface area contributed by atoms with E-state index >= 15 is 0 Å². The van der Waals surface area contributed by atoms with E-state index in [2.05, 4.69) is 15.5 Å². The molecule has 3 rings (SSSR count). The summed E-state index contributed by atoms with van der Waals surface area (Å²) >= 11 is 6.83. The summed E-state index contributed by atoms with van der Waals surface area (Å²) < 4.78 is 36.8. The van der Waals surface area contributed by atoms with Gasteiger partial charge < -0.3 is 25.0 Å². The lowest BCUT2D eigenvalue weighted by molar-refractivity contribution is -0.160. The Morgan fingerprint density at radius 3 is 2.54 bits per heavy atom. The van der Waals surface area contributed by atoms with Crippen molar-refractivity contribution in [3.05, 3.63) is 45.6 Å². The summed E-state index contributed by atoms with van der Waals surface area (Å²) in [5.41, 5.74) is 0.353. The minimum atomic E-state index is -3.39. The van der Waals surface area contributed by atoms with E-state index in [1.165, 1.54) is 48.2 Å². The van der Waals surface area contributed by atoms with E-state index in [1.54, 1.807) is 0 Å². The minimum Gasteiger partial charge on any atom is -0.450 e. The Kier molecular flexibility index (Phi) is 10.1. The number of alkyl halides is 2. The van der Waals surface area contributed by atoms with Gasteiger partial charge in [0.25, 0.3) is 17.7 Å². The molecule has 15 heteroatoms. The van der Waals surface area contributed by atoms with Gasteiger partial charge in [-0.25, -0.2) is 4.79 Å². The molecule has 11 nitrogen and oxygen atoms in total. The molecule has 1 saturated heterocycles. The van der Waals surface area contributed by atoms with Crippen LogP contribution < -0.4 is 20.6 Å². The van der Waals surface area contributed by atoms with E-state index < -0.39 is 37.1 Å². The predicted molar refractivity (Wildman–Crippen MR) is 130 cm³/mol. The topological polar surface area (TPSA) is 127 Å². The molecule has 2 heterocycles. The number of alkyl carbamates (subject to hydrolysis) is 1. The molecular weight excluding hydrogens is 538 g/mol. The van der Waals surface area contributed by atoms with Gasteiger partial charge in [0.05, 0.1) is 28.1 Å². The average molecular weight is 561 g/mol. The Hall–Kier alpha value is -3.33. The summed E-state index contributed by atoms with van der Waals surface area (Å²) in [6.07, 6.45) is -1.01. The number of nitrogens with one attached hydrogen (secondary N) is 2. The summed E-state index contributed by atoms with van der Waals surface area (Å²) in [5, 5.41) is 5.00. The third kappa shape index (κ3) is 7.82. The molecule has 2 N–H and O–H groups in total. The number of amides is 4. The van der Waals surface area contributed by atoms with Crippen LogP contribution >= 0.6 is 22.9 Å². The van der Waals surface area contributed by atoms with Gasteiger partial charge >= 0.3 is 12.7 Å². The first kappa shape index (κ1) is 28.2. The zero-order valence-electron chi connectivity index (χ0n) is 19.4. The summed E-state index contributed by atoms with van der Waals surface area (Å²) in [7, 11) is 0. The minimum absolute atomic E-state index is 0.0221. The first-order valence-corrected chi connectivity index (χ1v) is 12.1. The number of nitrogens with zero attached hydrogens (tertiary/aromatic N) is 2. The molecule has 0 radical (unpaired) electrons. The number of thiophene rings is 1. The molecule has 200 valence electrons. The lowest BCUT2D eigenvalue weighted by Crippen LogP contribution is -2.54. The summed E-state index contributed by atoms with van der Waals surface area (Å²) in [5.74, 6) is -1.99. The van der Waals surface area contributed by atoms with E-state index in [0.29, 0.717) is 28.2 Å². The van der Waals surface area contributed by atoms with Crippen LogP contribution in [-0.4, -0.2) is 69.4 Å². The molecule has 1 aliphatic heterocycles. The second-order valence-corrected chi connectivity index (χ2v) is 9.06. The number of hydroxylamine groups is 1. The lowest BCUT2D eigenvalue weighted by Gasteiger charge is -2.28. The summed E-state index contributed by atoms with van der Waals surface area (Å²) in [4.78, 5) is 55.9. The quantitative estimate of drug-likeness (QED) is 0.428. The monoisotopic (exact) mass is 560 g/mol. The first-order valence-electron chi connectivity index (χ1n) is 10.9. The number of anilines is 2. The Morgan fingerprint density at radius 1 is 1.22 bits per heavy atom. The fourth-order valence-corrected chi connectivity index (χ4v) is 4.21. The third-order valence-corrected chi connectivity index (χ3v) is 6.13. The number of rotatable bonds is 10. The number of ether oxygens (including phenoxy) is 2. The van der Waals surface area contributed by atoms with Crippen molar-refractivity contribution in [3.63, 3.8) is 0 Å². The fourth-order valence-electron chi connectivity index (χ4n) is 3.25. The standard InChI is InChI=1S/C22H23ClF2N4O7S/c1-2-35-22(33)27-15(11-26-19(31)16-7-8-17(23)37-16)20(32)29(36-21(24)25)14-5-3-13(4-6-14)28-9-10-34-12-18(28)30/h3-8,15,21H,2,9-12H2,1H3,(H,26,31)(H,27,33)/t15-/m1/s1. The van der Waals surface area contributed by atoms with Gasteiger partial charge in [-0.2, -0.15) is 18.7 Å². The predicted octanol–water partition coefficient (Wildman–Crippen LogP) is 2.80. The molecule has 0 spiro atoms. The van der Waals surface area contributed by atoms with Crippen LogP contribution in [0.1, 0.15) is 16.6 Å². The van der Waals surface area contributed by atoms with Crippen molar-refractivity contribution in [1.29, 1.82) is 0 Å². The van der Waals surface area contributed by atoms with Crippen molar-refractivity contribution in [3.8, 4) is 0 Å². The van der Waals surface area contributed by atoms with Crippen LogP contribution in [0.3, 0.4) is 0 Å².